The van der Waals surface area contributed by atoms with E-state index in [1.165, 1.54) is 25.7 Å². The van der Waals surface area contributed by atoms with Crippen molar-refractivity contribution in [3.05, 3.63) is 28.7 Å². The van der Waals surface area contributed by atoms with Crippen molar-refractivity contribution < 1.29 is 29.0 Å². The Morgan fingerprint density at radius 2 is 1.85 bits per heavy atom. The van der Waals surface area contributed by atoms with Crippen LogP contribution in [-0.2, 0) is 14.4 Å². The summed E-state index contributed by atoms with van der Waals surface area (Å²) < 4.78 is 11.7. The zero-order chi connectivity index (χ0) is 25.1. The van der Waals surface area contributed by atoms with E-state index in [1.54, 1.807) is 24.3 Å². The lowest BCUT2D eigenvalue weighted by Crippen LogP contribution is -2.46. The fourth-order valence-corrected chi connectivity index (χ4v) is 4.80. The van der Waals surface area contributed by atoms with Gasteiger partial charge in [-0.3, -0.25) is 14.5 Å². The van der Waals surface area contributed by atoms with Crippen LogP contribution < -0.4 is 15.2 Å². The van der Waals surface area contributed by atoms with Gasteiger partial charge in [0.15, 0.2) is 11.5 Å². The smallest absolute Gasteiger partial charge is 0.327 e. The Morgan fingerprint density at radius 3 is 2.50 bits per heavy atom. The third-order valence-electron chi connectivity index (χ3n) is 5.14. The van der Waals surface area contributed by atoms with Crippen LogP contribution in [0.25, 0.3) is 6.08 Å². The molecule has 1 atom stereocenters. The van der Waals surface area contributed by atoms with Gasteiger partial charge in [-0.2, -0.15) is 0 Å². The summed E-state index contributed by atoms with van der Waals surface area (Å²) in [6.45, 7) is 5.12. The summed E-state index contributed by atoms with van der Waals surface area (Å²) in [5.74, 6) is -1.56. The number of carboxylic acid groups (broad SMARTS) is 1. The number of thioether (sulfide) groups is 1. The Labute approximate surface area is 209 Å². The highest BCUT2D eigenvalue weighted by atomic mass is 32.2. The fraction of sp³-hybridized carbons (Fsp3) is 0.500. The van der Waals surface area contributed by atoms with Gasteiger partial charge in [-0.1, -0.05) is 69.1 Å². The molecule has 1 aromatic rings. The molecule has 3 N–H and O–H groups in total. The van der Waals surface area contributed by atoms with Gasteiger partial charge < -0.3 is 20.3 Å². The number of hydrogen-bond acceptors (Lipinski definition) is 7. The van der Waals surface area contributed by atoms with Gasteiger partial charge in [0.1, 0.15) is 10.4 Å². The minimum atomic E-state index is -1.44. The van der Waals surface area contributed by atoms with E-state index in [-0.39, 0.29) is 9.23 Å². The molecule has 0 saturated carbocycles. The summed E-state index contributed by atoms with van der Waals surface area (Å²) in [5, 5.41) is 9.44. The molecule has 1 saturated heterocycles. The lowest BCUT2D eigenvalue weighted by atomic mass is 10.1. The van der Waals surface area contributed by atoms with Crippen molar-refractivity contribution in [2.45, 2.75) is 64.8 Å². The number of benzene rings is 1. The van der Waals surface area contributed by atoms with Gasteiger partial charge in [0.2, 0.25) is 5.91 Å². The monoisotopic (exact) mass is 508 g/mol. The quantitative estimate of drug-likeness (QED) is 0.204. The summed E-state index contributed by atoms with van der Waals surface area (Å²) in [7, 11) is 0. The van der Waals surface area contributed by atoms with Crippen LogP contribution in [0.15, 0.2) is 23.1 Å². The third-order valence-corrected chi connectivity index (χ3v) is 6.47. The second-order valence-corrected chi connectivity index (χ2v) is 9.51. The molecular formula is C24H32N2O6S2. The van der Waals surface area contributed by atoms with E-state index in [0.717, 1.165) is 29.5 Å². The van der Waals surface area contributed by atoms with Crippen LogP contribution in [0.3, 0.4) is 0 Å². The van der Waals surface area contributed by atoms with Crippen LogP contribution in [0.2, 0.25) is 0 Å². The van der Waals surface area contributed by atoms with E-state index in [2.05, 4.69) is 6.92 Å². The van der Waals surface area contributed by atoms with Gasteiger partial charge in [-0.15, -0.1) is 0 Å². The minimum Gasteiger partial charge on any atom is -0.490 e. The standard InChI is InChI=1S/C24H32N2O6S2/c1-3-5-6-7-8-9-12-32-18-11-10-16(13-19(18)31-4-2)14-20-22(28)26(24(33)34-20)17(23(29)30)15-21(25)27/h10-11,13-14,17H,3-9,12,15H2,1-2H3,(H2,25,27)(H,29,30)/b20-14+/t17-/m0/s1. The number of amides is 2. The number of unbranched alkanes of at least 4 members (excludes halogenated alkanes) is 5. The van der Waals surface area contributed by atoms with Crippen molar-refractivity contribution in [3.63, 3.8) is 0 Å². The maximum absolute atomic E-state index is 12.9. The number of nitrogens with two attached hydrogens (primary N) is 1. The highest BCUT2D eigenvalue weighted by molar-refractivity contribution is 8.26. The first-order valence-corrected chi connectivity index (χ1v) is 12.7. The Morgan fingerprint density at radius 1 is 1.15 bits per heavy atom. The van der Waals surface area contributed by atoms with E-state index in [9.17, 15) is 19.5 Å². The fourth-order valence-electron chi connectivity index (χ4n) is 3.45. The number of aliphatic carboxylic acids is 1. The lowest BCUT2D eigenvalue weighted by Gasteiger charge is -2.21. The molecule has 0 spiro atoms. The van der Waals surface area contributed by atoms with Crippen LogP contribution in [0.1, 0.15) is 64.4 Å². The van der Waals surface area contributed by atoms with Crippen LogP contribution >= 0.6 is 24.0 Å². The topological polar surface area (TPSA) is 119 Å². The highest BCUT2D eigenvalue weighted by Gasteiger charge is 2.41. The number of primary amides is 1. The maximum atomic E-state index is 12.9. The van der Waals surface area contributed by atoms with Crippen molar-refractivity contribution in [1.82, 2.24) is 4.90 Å². The average Bonchev–Trinajstić information content (AvgIpc) is 3.05. The maximum Gasteiger partial charge on any atom is 0.327 e. The summed E-state index contributed by atoms with van der Waals surface area (Å²) in [6.07, 6.45) is 8.12. The average molecular weight is 509 g/mol. The predicted octanol–water partition coefficient (Wildman–Crippen LogP) is 4.35. The van der Waals surface area contributed by atoms with Crippen LogP contribution in [0.4, 0.5) is 0 Å². The SMILES string of the molecule is CCCCCCCCOc1ccc(/C=C2/SC(=S)N([C@@H](CC(N)=O)C(=O)O)C2=O)cc1OCC. The Kier molecular flexibility index (Phi) is 11.4. The van der Waals surface area contributed by atoms with E-state index >= 15 is 0 Å². The molecule has 0 radical (unpaired) electrons. The normalized spacial score (nSPS) is 15.6. The molecule has 8 nitrogen and oxygen atoms in total. The molecule has 1 aromatic carbocycles. The van der Waals surface area contributed by atoms with Gasteiger partial charge in [0.25, 0.3) is 5.91 Å². The van der Waals surface area contributed by atoms with E-state index in [0.29, 0.717) is 30.3 Å². The molecule has 0 aromatic heterocycles. The Balaban J connectivity index is 2.11. The van der Waals surface area contributed by atoms with Crippen molar-refractivity contribution >= 4 is 52.2 Å². The number of hydrogen-bond donors (Lipinski definition) is 2. The number of thiocarbonyl (C=S) groups is 1. The largest absolute Gasteiger partial charge is 0.490 e. The van der Waals surface area contributed by atoms with Gasteiger partial charge in [0, 0.05) is 0 Å². The van der Waals surface area contributed by atoms with Gasteiger partial charge in [-0.05, 0) is 37.1 Å². The highest BCUT2D eigenvalue weighted by Crippen LogP contribution is 2.36. The molecular weight excluding hydrogens is 476 g/mol. The molecule has 1 aliphatic heterocycles. The van der Waals surface area contributed by atoms with Crippen LogP contribution in [0, 0.1) is 0 Å². The lowest BCUT2D eigenvalue weighted by molar-refractivity contribution is -0.146. The van der Waals surface area contributed by atoms with Crippen molar-refractivity contribution in [2.24, 2.45) is 5.73 Å². The first-order chi connectivity index (χ1) is 16.3. The third kappa shape index (κ3) is 8.02. The van der Waals surface area contributed by atoms with Gasteiger partial charge in [-0.25, -0.2) is 4.79 Å². The van der Waals surface area contributed by atoms with Crippen molar-refractivity contribution in [1.29, 1.82) is 0 Å². The summed E-state index contributed by atoms with van der Waals surface area (Å²) in [6, 6.07) is 3.92. The van der Waals surface area contributed by atoms with Crippen LogP contribution in [0.5, 0.6) is 11.5 Å². The zero-order valence-corrected chi connectivity index (χ0v) is 21.2. The van der Waals surface area contributed by atoms with Gasteiger partial charge >= 0.3 is 5.97 Å². The second kappa shape index (κ2) is 14.0. The van der Waals surface area contributed by atoms with E-state index in [1.807, 2.05) is 6.92 Å². The number of carbonyl (C=O) groups excluding carboxylic acids is 2. The molecule has 186 valence electrons. The van der Waals surface area contributed by atoms with E-state index in [4.69, 9.17) is 27.4 Å². The van der Waals surface area contributed by atoms with Crippen molar-refractivity contribution in [2.75, 3.05) is 13.2 Å². The number of carbonyl (C=O) groups is 3. The molecule has 0 aliphatic carbocycles. The Hall–Kier alpha value is -2.59. The first-order valence-electron chi connectivity index (χ1n) is 11.5. The number of ether oxygens (including phenoxy) is 2. The Bertz CT molecular complexity index is 934. The number of rotatable bonds is 15. The molecule has 0 bridgehead atoms. The molecule has 10 heteroatoms. The molecule has 1 aliphatic rings. The molecule has 1 fully saturated rings. The number of carboxylic acids is 1. The molecule has 34 heavy (non-hydrogen) atoms. The predicted molar refractivity (Wildman–Crippen MR) is 137 cm³/mol. The zero-order valence-electron chi connectivity index (χ0n) is 19.6. The summed E-state index contributed by atoms with van der Waals surface area (Å²) in [4.78, 5) is 36.9. The van der Waals surface area contributed by atoms with Crippen LogP contribution in [-0.4, -0.2) is 51.4 Å². The minimum absolute atomic E-state index is 0.0637. The molecule has 1 heterocycles. The van der Waals surface area contributed by atoms with Gasteiger partial charge in [0.05, 0.1) is 24.5 Å². The summed E-state index contributed by atoms with van der Waals surface area (Å²) in [5.41, 5.74) is 5.83. The van der Waals surface area contributed by atoms with E-state index < -0.39 is 30.2 Å². The number of nitrogens with zero attached hydrogens (tertiary/aromatic N) is 1. The first kappa shape index (κ1) is 27.7. The molecule has 0 unspecified atom stereocenters. The second-order valence-electron chi connectivity index (χ2n) is 7.83. The molecule has 2 rings (SSSR count). The van der Waals surface area contributed by atoms with Crippen molar-refractivity contribution in [3.8, 4) is 11.5 Å². The molecule has 2 amide bonds. The summed E-state index contributed by atoms with van der Waals surface area (Å²) >= 11 is 6.19.